The zero-order chi connectivity index (χ0) is 15.6. The standard InChI is InChI=1S/C16H20FNO3/c1-9(2)7-11(19)8-18-16(20)14-10(3)12-5-4-6-13(17)15(12)21-14/h4-6,9,11,19H,7-8H2,1-3H3,(H,18,20). The van der Waals surface area contributed by atoms with Crippen LogP contribution in [0.15, 0.2) is 22.6 Å². The van der Waals surface area contributed by atoms with Gasteiger partial charge < -0.3 is 14.8 Å². The van der Waals surface area contributed by atoms with Crippen LogP contribution in [0.25, 0.3) is 11.0 Å². The van der Waals surface area contributed by atoms with Gasteiger partial charge in [0, 0.05) is 17.5 Å². The summed E-state index contributed by atoms with van der Waals surface area (Å²) in [6, 6.07) is 4.58. The summed E-state index contributed by atoms with van der Waals surface area (Å²) in [5, 5.41) is 13.0. The second-order valence-corrected chi connectivity index (χ2v) is 5.67. The normalized spacial score (nSPS) is 12.9. The number of aliphatic hydroxyl groups excluding tert-OH is 1. The van der Waals surface area contributed by atoms with E-state index in [2.05, 4.69) is 5.32 Å². The first-order valence-corrected chi connectivity index (χ1v) is 7.04. The number of hydrogen-bond donors (Lipinski definition) is 2. The summed E-state index contributed by atoms with van der Waals surface area (Å²) < 4.78 is 19.0. The number of aryl methyl sites for hydroxylation is 1. The third-order valence-corrected chi connectivity index (χ3v) is 3.36. The second kappa shape index (κ2) is 6.26. The van der Waals surface area contributed by atoms with Gasteiger partial charge in [0.05, 0.1) is 6.10 Å². The molecule has 0 bridgehead atoms. The summed E-state index contributed by atoms with van der Waals surface area (Å²) in [5.74, 6) is -0.494. The highest BCUT2D eigenvalue weighted by Crippen LogP contribution is 2.27. The number of carbonyl (C=O) groups excluding carboxylic acids is 1. The Hall–Kier alpha value is -1.88. The van der Waals surface area contributed by atoms with Gasteiger partial charge >= 0.3 is 0 Å². The van der Waals surface area contributed by atoms with Gasteiger partial charge in [-0.05, 0) is 25.3 Å². The number of nitrogens with one attached hydrogen (secondary N) is 1. The molecule has 0 saturated carbocycles. The van der Waals surface area contributed by atoms with Gasteiger partial charge in [0.15, 0.2) is 17.2 Å². The van der Waals surface area contributed by atoms with Crippen molar-refractivity contribution in [3.63, 3.8) is 0 Å². The molecule has 1 atom stereocenters. The van der Waals surface area contributed by atoms with E-state index in [1.165, 1.54) is 6.07 Å². The van der Waals surface area contributed by atoms with E-state index in [0.29, 0.717) is 23.3 Å². The van der Waals surface area contributed by atoms with E-state index in [9.17, 15) is 14.3 Å². The van der Waals surface area contributed by atoms with Crippen molar-refractivity contribution < 1.29 is 18.7 Å². The Morgan fingerprint density at radius 2 is 2.14 bits per heavy atom. The smallest absolute Gasteiger partial charge is 0.287 e. The fraction of sp³-hybridized carbons (Fsp3) is 0.438. The lowest BCUT2D eigenvalue weighted by atomic mass is 10.1. The predicted octanol–water partition coefficient (Wildman–Crippen LogP) is 3.02. The maximum absolute atomic E-state index is 13.6. The van der Waals surface area contributed by atoms with Crippen LogP contribution in [-0.2, 0) is 0 Å². The van der Waals surface area contributed by atoms with Crippen LogP contribution in [-0.4, -0.2) is 23.7 Å². The van der Waals surface area contributed by atoms with Crippen LogP contribution in [0.3, 0.4) is 0 Å². The Labute approximate surface area is 122 Å². The van der Waals surface area contributed by atoms with Gasteiger partial charge in [0.1, 0.15) is 0 Å². The first-order chi connectivity index (χ1) is 9.90. The van der Waals surface area contributed by atoms with Gasteiger partial charge in [-0.1, -0.05) is 26.0 Å². The number of furan rings is 1. The molecule has 1 aromatic heterocycles. The summed E-state index contributed by atoms with van der Waals surface area (Å²) in [6.07, 6.45) is 0.00367. The average Bonchev–Trinajstić information content (AvgIpc) is 2.75. The van der Waals surface area contributed by atoms with E-state index in [-0.39, 0.29) is 17.9 Å². The molecule has 5 heteroatoms. The molecule has 0 radical (unpaired) electrons. The van der Waals surface area contributed by atoms with E-state index in [0.717, 1.165) is 0 Å². The molecule has 2 aromatic rings. The number of para-hydroxylation sites is 1. The number of aliphatic hydroxyl groups is 1. The quantitative estimate of drug-likeness (QED) is 0.890. The molecule has 2 rings (SSSR count). The highest BCUT2D eigenvalue weighted by atomic mass is 19.1. The number of fused-ring (bicyclic) bond motifs is 1. The zero-order valence-electron chi connectivity index (χ0n) is 12.4. The van der Waals surface area contributed by atoms with Gasteiger partial charge in [0.25, 0.3) is 5.91 Å². The fourth-order valence-corrected chi connectivity index (χ4v) is 2.34. The highest BCUT2D eigenvalue weighted by molar-refractivity contribution is 5.99. The summed E-state index contributed by atoms with van der Waals surface area (Å²) in [7, 11) is 0. The number of rotatable bonds is 5. The number of amides is 1. The van der Waals surface area contributed by atoms with Crippen LogP contribution < -0.4 is 5.32 Å². The third kappa shape index (κ3) is 3.42. The Morgan fingerprint density at radius 3 is 2.76 bits per heavy atom. The SMILES string of the molecule is Cc1c(C(=O)NCC(O)CC(C)C)oc2c(F)cccc12. The van der Waals surface area contributed by atoms with Gasteiger partial charge in [-0.2, -0.15) is 0 Å². The summed E-state index contributed by atoms with van der Waals surface area (Å²) in [6.45, 7) is 5.86. The van der Waals surface area contributed by atoms with Crippen molar-refractivity contribution in [2.24, 2.45) is 5.92 Å². The van der Waals surface area contributed by atoms with E-state index < -0.39 is 17.8 Å². The minimum absolute atomic E-state index is 0.0860. The molecule has 21 heavy (non-hydrogen) atoms. The van der Waals surface area contributed by atoms with Gasteiger partial charge in [-0.15, -0.1) is 0 Å². The summed E-state index contributed by atoms with van der Waals surface area (Å²) >= 11 is 0. The van der Waals surface area contributed by atoms with E-state index in [1.807, 2.05) is 13.8 Å². The molecule has 1 unspecified atom stereocenters. The first kappa shape index (κ1) is 15.5. The Balaban J connectivity index is 2.13. The van der Waals surface area contributed by atoms with Crippen molar-refractivity contribution in [2.45, 2.75) is 33.3 Å². The minimum atomic E-state index is -0.602. The van der Waals surface area contributed by atoms with Crippen molar-refractivity contribution in [1.82, 2.24) is 5.32 Å². The number of carbonyl (C=O) groups is 1. The van der Waals surface area contributed by atoms with Gasteiger partial charge in [-0.25, -0.2) is 4.39 Å². The molecule has 0 fully saturated rings. The summed E-state index contributed by atoms with van der Waals surface area (Å²) in [4.78, 5) is 12.1. The fourth-order valence-electron chi connectivity index (χ4n) is 2.34. The molecule has 0 saturated heterocycles. The van der Waals surface area contributed by atoms with E-state index in [4.69, 9.17) is 4.42 Å². The van der Waals surface area contributed by atoms with Crippen LogP contribution in [0.2, 0.25) is 0 Å². The first-order valence-electron chi connectivity index (χ1n) is 7.04. The van der Waals surface area contributed by atoms with Gasteiger partial charge in [-0.3, -0.25) is 4.79 Å². The molecule has 0 spiro atoms. The lowest BCUT2D eigenvalue weighted by Gasteiger charge is -2.13. The molecule has 0 aliphatic carbocycles. The Bertz CT molecular complexity index is 648. The lowest BCUT2D eigenvalue weighted by molar-refractivity contribution is 0.0875. The van der Waals surface area contributed by atoms with Crippen molar-refractivity contribution in [1.29, 1.82) is 0 Å². The second-order valence-electron chi connectivity index (χ2n) is 5.67. The number of halogens is 1. The third-order valence-electron chi connectivity index (χ3n) is 3.36. The van der Waals surface area contributed by atoms with Crippen LogP contribution in [0.4, 0.5) is 4.39 Å². The van der Waals surface area contributed by atoms with Crippen LogP contribution in [0.1, 0.15) is 36.4 Å². The highest BCUT2D eigenvalue weighted by Gasteiger charge is 2.20. The van der Waals surface area contributed by atoms with Gasteiger partial charge in [0.2, 0.25) is 0 Å². The minimum Gasteiger partial charge on any atom is -0.448 e. The molecule has 1 heterocycles. The van der Waals surface area contributed by atoms with Crippen molar-refractivity contribution in [3.05, 3.63) is 35.3 Å². The van der Waals surface area contributed by atoms with Crippen LogP contribution in [0.5, 0.6) is 0 Å². The molecule has 2 N–H and O–H groups in total. The Morgan fingerprint density at radius 1 is 1.43 bits per heavy atom. The molecule has 0 aliphatic heterocycles. The van der Waals surface area contributed by atoms with E-state index >= 15 is 0 Å². The van der Waals surface area contributed by atoms with Crippen molar-refractivity contribution in [2.75, 3.05) is 6.54 Å². The van der Waals surface area contributed by atoms with Crippen LogP contribution >= 0.6 is 0 Å². The number of hydrogen-bond acceptors (Lipinski definition) is 3. The average molecular weight is 293 g/mol. The Kier molecular flexibility index (Phi) is 4.63. The molecular formula is C16H20FNO3. The monoisotopic (exact) mass is 293 g/mol. The van der Waals surface area contributed by atoms with E-state index in [1.54, 1.807) is 19.1 Å². The zero-order valence-corrected chi connectivity index (χ0v) is 12.4. The van der Waals surface area contributed by atoms with Crippen molar-refractivity contribution in [3.8, 4) is 0 Å². The molecular weight excluding hydrogens is 273 g/mol. The lowest BCUT2D eigenvalue weighted by Crippen LogP contribution is -2.32. The molecule has 0 aliphatic rings. The van der Waals surface area contributed by atoms with Crippen LogP contribution in [0, 0.1) is 18.7 Å². The maximum Gasteiger partial charge on any atom is 0.287 e. The molecule has 4 nitrogen and oxygen atoms in total. The topological polar surface area (TPSA) is 62.5 Å². The number of benzene rings is 1. The van der Waals surface area contributed by atoms with Crippen molar-refractivity contribution >= 4 is 16.9 Å². The molecule has 1 aromatic carbocycles. The largest absolute Gasteiger partial charge is 0.448 e. The molecule has 1 amide bonds. The molecule has 114 valence electrons. The maximum atomic E-state index is 13.6. The predicted molar refractivity (Wildman–Crippen MR) is 78.7 cm³/mol. The summed E-state index contributed by atoms with van der Waals surface area (Å²) in [5.41, 5.74) is 0.684.